The van der Waals surface area contributed by atoms with Crippen LogP contribution in [0.15, 0.2) is 42.6 Å². The summed E-state index contributed by atoms with van der Waals surface area (Å²) in [5, 5.41) is 10.9. The molecule has 0 amide bonds. The van der Waals surface area contributed by atoms with E-state index in [0.717, 1.165) is 31.0 Å². The lowest BCUT2D eigenvalue weighted by molar-refractivity contribution is 0.0489. The van der Waals surface area contributed by atoms with Gasteiger partial charge >= 0.3 is 5.97 Å². The number of pyridine rings is 1. The van der Waals surface area contributed by atoms with Crippen molar-refractivity contribution < 1.29 is 28.2 Å². The zero-order chi connectivity index (χ0) is 20.1. The van der Waals surface area contributed by atoms with E-state index in [9.17, 15) is 18.7 Å². The predicted molar refractivity (Wildman–Crippen MR) is 99.3 cm³/mol. The van der Waals surface area contributed by atoms with Crippen LogP contribution in [0.5, 0.6) is 11.5 Å². The summed E-state index contributed by atoms with van der Waals surface area (Å²) in [5.41, 5.74) is 0.411. The molecular weight excluding hydrogens is 368 g/mol. The van der Waals surface area contributed by atoms with Gasteiger partial charge in [0.2, 0.25) is 0 Å². The molecule has 3 aromatic rings. The Labute approximate surface area is 160 Å². The van der Waals surface area contributed by atoms with Gasteiger partial charge in [0.15, 0.2) is 5.69 Å². The number of unbranched alkanes of at least 4 members (excludes halogenated alkanes) is 1. The lowest BCUT2D eigenvalue weighted by Gasteiger charge is -2.12. The normalized spacial score (nSPS) is 10.9. The molecule has 0 aliphatic carbocycles. The Bertz CT molecular complexity index is 987. The Balaban J connectivity index is 1.90. The molecule has 0 radical (unpaired) electrons. The van der Waals surface area contributed by atoms with E-state index in [1.807, 2.05) is 6.92 Å². The zero-order valence-corrected chi connectivity index (χ0v) is 15.2. The fourth-order valence-electron chi connectivity index (χ4n) is 2.76. The van der Waals surface area contributed by atoms with Crippen molar-refractivity contribution in [3.63, 3.8) is 0 Å². The van der Waals surface area contributed by atoms with Gasteiger partial charge in [0.1, 0.15) is 23.1 Å². The first-order chi connectivity index (χ1) is 13.5. The van der Waals surface area contributed by atoms with Crippen molar-refractivity contribution in [3.8, 4) is 11.5 Å². The van der Waals surface area contributed by atoms with Crippen LogP contribution in [0.25, 0.3) is 10.8 Å². The van der Waals surface area contributed by atoms with Crippen LogP contribution in [-0.2, 0) is 11.3 Å². The van der Waals surface area contributed by atoms with Crippen LogP contribution < -0.4 is 4.74 Å². The van der Waals surface area contributed by atoms with Crippen LogP contribution in [-0.4, -0.2) is 22.7 Å². The molecule has 0 saturated carbocycles. The van der Waals surface area contributed by atoms with Crippen LogP contribution in [0.3, 0.4) is 0 Å². The van der Waals surface area contributed by atoms with Crippen molar-refractivity contribution in [1.29, 1.82) is 0 Å². The Morgan fingerprint density at radius 2 is 1.86 bits per heavy atom. The van der Waals surface area contributed by atoms with Gasteiger partial charge < -0.3 is 14.6 Å². The van der Waals surface area contributed by atoms with Gasteiger partial charge in [-0.2, -0.15) is 0 Å². The van der Waals surface area contributed by atoms with Gasteiger partial charge in [-0.15, -0.1) is 0 Å². The molecule has 28 heavy (non-hydrogen) atoms. The van der Waals surface area contributed by atoms with Crippen LogP contribution in [0, 0.1) is 11.6 Å². The summed E-state index contributed by atoms with van der Waals surface area (Å²) < 4.78 is 37.3. The molecule has 1 N–H and O–H groups in total. The summed E-state index contributed by atoms with van der Waals surface area (Å²) in [6.45, 7) is 1.88. The molecule has 1 aromatic heterocycles. The van der Waals surface area contributed by atoms with Gasteiger partial charge in [0.25, 0.3) is 0 Å². The van der Waals surface area contributed by atoms with Crippen molar-refractivity contribution in [2.24, 2.45) is 0 Å². The SMILES string of the molecule is CCCCOC(=O)c1ncc2cc(Oc3cc(F)cc(F)c3)ccc2c1CO. The standard InChI is InChI=1S/C21H19F2NO4/c1-2-3-6-27-21(26)20-19(12-25)18-5-4-16(7-13(18)11-24-20)28-17-9-14(22)8-15(23)10-17/h4-5,7-11,25H,2-3,6,12H2,1H3. The lowest BCUT2D eigenvalue weighted by atomic mass is 10.0. The van der Waals surface area contributed by atoms with Crippen LogP contribution in [0.4, 0.5) is 8.78 Å². The van der Waals surface area contributed by atoms with E-state index < -0.39 is 24.2 Å². The third kappa shape index (κ3) is 4.43. The van der Waals surface area contributed by atoms with E-state index in [1.54, 1.807) is 18.2 Å². The maximum absolute atomic E-state index is 13.3. The first-order valence-electron chi connectivity index (χ1n) is 8.85. The molecular formula is C21H19F2NO4. The quantitative estimate of drug-likeness (QED) is 0.468. The fourth-order valence-corrected chi connectivity index (χ4v) is 2.76. The average Bonchev–Trinajstić information content (AvgIpc) is 2.66. The number of halogens is 2. The number of ether oxygens (including phenoxy) is 2. The minimum atomic E-state index is -0.744. The van der Waals surface area contributed by atoms with Gasteiger partial charge in [-0.3, -0.25) is 0 Å². The molecule has 3 rings (SSSR count). The van der Waals surface area contributed by atoms with Crippen molar-refractivity contribution in [2.75, 3.05) is 6.61 Å². The number of rotatable bonds is 7. The highest BCUT2D eigenvalue weighted by Crippen LogP contribution is 2.29. The summed E-state index contributed by atoms with van der Waals surface area (Å²) in [4.78, 5) is 16.3. The maximum Gasteiger partial charge on any atom is 0.357 e. The van der Waals surface area contributed by atoms with E-state index in [1.165, 1.54) is 6.20 Å². The second kappa shape index (κ2) is 8.75. The molecule has 0 aliphatic rings. The number of nitrogens with zero attached hydrogens (tertiary/aromatic N) is 1. The first-order valence-corrected chi connectivity index (χ1v) is 8.85. The monoisotopic (exact) mass is 387 g/mol. The molecule has 0 saturated heterocycles. The molecule has 0 fully saturated rings. The van der Waals surface area contributed by atoms with Crippen molar-refractivity contribution in [2.45, 2.75) is 26.4 Å². The molecule has 5 nitrogen and oxygen atoms in total. The van der Waals surface area contributed by atoms with E-state index in [-0.39, 0.29) is 18.1 Å². The number of aliphatic hydroxyl groups is 1. The summed E-state index contributed by atoms with van der Waals surface area (Å²) in [7, 11) is 0. The van der Waals surface area contributed by atoms with E-state index in [4.69, 9.17) is 9.47 Å². The van der Waals surface area contributed by atoms with Gasteiger partial charge in [-0.25, -0.2) is 18.6 Å². The van der Waals surface area contributed by atoms with Crippen LogP contribution in [0.2, 0.25) is 0 Å². The molecule has 2 aromatic carbocycles. The average molecular weight is 387 g/mol. The lowest BCUT2D eigenvalue weighted by Crippen LogP contribution is -2.12. The number of fused-ring (bicyclic) bond motifs is 1. The van der Waals surface area contributed by atoms with Crippen LogP contribution >= 0.6 is 0 Å². The maximum atomic E-state index is 13.3. The minimum absolute atomic E-state index is 0.0170. The highest BCUT2D eigenvalue weighted by Gasteiger charge is 2.17. The molecule has 0 aliphatic heterocycles. The second-order valence-corrected chi connectivity index (χ2v) is 6.19. The molecule has 0 unspecified atom stereocenters. The molecule has 0 bridgehead atoms. The Morgan fingerprint density at radius 1 is 1.11 bits per heavy atom. The topological polar surface area (TPSA) is 68.7 Å². The molecule has 7 heteroatoms. The third-order valence-electron chi connectivity index (χ3n) is 4.12. The number of benzene rings is 2. The second-order valence-electron chi connectivity index (χ2n) is 6.19. The number of carbonyl (C=O) groups excluding carboxylic acids is 1. The zero-order valence-electron chi connectivity index (χ0n) is 15.2. The fraction of sp³-hybridized carbons (Fsp3) is 0.238. The van der Waals surface area contributed by atoms with Gasteiger partial charge in [-0.1, -0.05) is 19.4 Å². The molecule has 0 spiro atoms. The van der Waals surface area contributed by atoms with Crippen molar-refractivity contribution in [3.05, 3.63) is 65.5 Å². The first kappa shape index (κ1) is 19.7. The summed E-state index contributed by atoms with van der Waals surface area (Å²) in [6, 6.07) is 7.73. The number of aromatic nitrogens is 1. The highest BCUT2D eigenvalue weighted by atomic mass is 19.1. The van der Waals surface area contributed by atoms with E-state index in [0.29, 0.717) is 22.1 Å². The molecule has 146 valence electrons. The van der Waals surface area contributed by atoms with Gasteiger partial charge in [-0.05, 0) is 23.9 Å². The van der Waals surface area contributed by atoms with Crippen LogP contribution in [0.1, 0.15) is 35.8 Å². The Kier molecular flexibility index (Phi) is 6.16. The Hall–Kier alpha value is -3.06. The summed E-state index contributed by atoms with van der Waals surface area (Å²) in [5.74, 6) is -1.72. The largest absolute Gasteiger partial charge is 0.461 e. The molecule has 1 heterocycles. The van der Waals surface area contributed by atoms with Gasteiger partial charge in [0.05, 0.1) is 13.2 Å². The Morgan fingerprint density at radius 3 is 2.54 bits per heavy atom. The number of aliphatic hydroxyl groups excluding tert-OH is 1. The van der Waals surface area contributed by atoms with Crippen molar-refractivity contribution in [1.82, 2.24) is 4.98 Å². The van der Waals surface area contributed by atoms with E-state index in [2.05, 4.69) is 4.98 Å². The number of hydrogen-bond donors (Lipinski definition) is 1. The molecule has 0 atom stereocenters. The smallest absolute Gasteiger partial charge is 0.357 e. The summed E-state index contributed by atoms with van der Waals surface area (Å²) >= 11 is 0. The minimum Gasteiger partial charge on any atom is -0.461 e. The van der Waals surface area contributed by atoms with Crippen molar-refractivity contribution >= 4 is 16.7 Å². The third-order valence-corrected chi connectivity index (χ3v) is 4.12. The number of esters is 1. The van der Waals surface area contributed by atoms with E-state index >= 15 is 0 Å². The highest BCUT2D eigenvalue weighted by molar-refractivity contribution is 5.96. The van der Waals surface area contributed by atoms with Gasteiger partial charge in [0, 0.05) is 35.3 Å². The number of hydrogen-bond acceptors (Lipinski definition) is 5. The summed E-state index contributed by atoms with van der Waals surface area (Å²) in [6.07, 6.45) is 3.10. The predicted octanol–water partition coefficient (Wildman–Crippen LogP) is 4.75. The number of carbonyl (C=O) groups is 1.